The molecule has 1 atom stereocenters. The molecule has 0 radical (unpaired) electrons. The fourth-order valence-electron chi connectivity index (χ4n) is 1.29. The van der Waals surface area contributed by atoms with Gasteiger partial charge in [-0.05, 0) is 24.1 Å². The molecule has 0 aromatic heterocycles. The van der Waals surface area contributed by atoms with Gasteiger partial charge in [0.05, 0.1) is 0 Å². The lowest BCUT2D eigenvalue weighted by Crippen LogP contribution is -2.13. The number of amides is 1. The number of ether oxygens (including phenoxy) is 1. The minimum atomic E-state index is -0.946. The highest BCUT2D eigenvalue weighted by Gasteiger charge is 2.08. The van der Waals surface area contributed by atoms with Gasteiger partial charge in [0.1, 0.15) is 0 Å². The predicted octanol–water partition coefficient (Wildman–Crippen LogP) is 3.65. The third kappa shape index (κ3) is 5.06. The topological polar surface area (TPSA) is 75.1 Å². The smallest absolute Gasteiger partial charge is 0.397 e. The first-order valence-electron chi connectivity index (χ1n) is 5.58. The third-order valence-electron chi connectivity index (χ3n) is 2.07. The van der Waals surface area contributed by atoms with Gasteiger partial charge in [-0.3, -0.25) is 0 Å². The maximum atomic E-state index is 11.0. The van der Waals surface area contributed by atoms with Crippen LogP contribution in [0.25, 0.3) is 10.4 Å². The number of hydrogen-bond donors (Lipinski definition) is 0. The fourth-order valence-corrected chi connectivity index (χ4v) is 1.29. The second-order valence-electron chi connectivity index (χ2n) is 3.49. The molecular weight excluding hydrogens is 230 g/mol. The summed E-state index contributed by atoms with van der Waals surface area (Å²) in [6, 6.07) is 9.39. The maximum absolute atomic E-state index is 11.0. The second kappa shape index (κ2) is 7.77. The molecule has 0 saturated heterocycles. The normalized spacial score (nSPS) is 10.5. The molecule has 0 aliphatic heterocycles. The zero-order valence-corrected chi connectivity index (χ0v) is 10.0. The zero-order chi connectivity index (χ0) is 13.2. The molecule has 1 aromatic carbocycles. The van der Waals surface area contributed by atoms with Gasteiger partial charge < -0.3 is 4.74 Å². The van der Waals surface area contributed by atoms with Crippen LogP contribution >= 0.6 is 0 Å². The van der Waals surface area contributed by atoms with E-state index in [4.69, 9.17) is 10.3 Å². The molecule has 1 unspecified atom stereocenters. The monoisotopic (exact) mass is 243 g/mol. The summed E-state index contributed by atoms with van der Waals surface area (Å²) in [5, 5.41) is 2.85. The number of nitrogens with zero attached hydrogens (tertiary/aromatic N) is 3. The molecule has 1 aromatic rings. The first kappa shape index (κ1) is 13.6. The molecule has 1 amide bonds. The van der Waals surface area contributed by atoms with Crippen molar-refractivity contribution in [3.63, 3.8) is 0 Å². The molecular formula is C13H13N3O2. The first-order chi connectivity index (χ1) is 8.76. The van der Waals surface area contributed by atoms with Crippen LogP contribution < -0.4 is 0 Å². The quantitative estimate of drug-likeness (QED) is 0.351. The minimum absolute atomic E-state index is 0.548. The molecule has 5 nitrogen and oxygen atoms in total. The summed E-state index contributed by atoms with van der Waals surface area (Å²) in [5.74, 6) is 5.76. The standard InChI is InChI=1S/C13H13N3O2/c1-2-6-12(18-13(17)15-16-14)10-9-11-7-4-3-5-8-11/h3-5,7-8,12H,2,6H2,1H3. The van der Waals surface area contributed by atoms with Crippen molar-refractivity contribution < 1.29 is 9.53 Å². The Morgan fingerprint density at radius 1 is 1.50 bits per heavy atom. The Morgan fingerprint density at radius 2 is 2.22 bits per heavy atom. The molecule has 0 aliphatic carbocycles. The van der Waals surface area contributed by atoms with E-state index in [0.717, 1.165) is 12.0 Å². The molecule has 0 saturated carbocycles. The van der Waals surface area contributed by atoms with E-state index in [1.807, 2.05) is 37.3 Å². The Kier molecular flexibility index (Phi) is 5.88. The zero-order valence-electron chi connectivity index (χ0n) is 10.0. The Bertz CT molecular complexity index is 496. The predicted molar refractivity (Wildman–Crippen MR) is 67.6 cm³/mol. The van der Waals surface area contributed by atoms with E-state index in [-0.39, 0.29) is 0 Å². The summed E-state index contributed by atoms with van der Waals surface area (Å²) in [4.78, 5) is 13.4. The largest absolute Gasteiger partial charge is 0.444 e. The lowest BCUT2D eigenvalue weighted by atomic mass is 10.2. The number of hydrogen-bond acceptors (Lipinski definition) is 2. The summed E-state index contributed by atoms with van der Waals surface area (Å²) in [6.07, 6.45) is -0.0731. The number of benzene rings is 1. The van der Waals surface area contributed by atoms with Crippen LogP contribution in [0.3, 0.4) is 0 Å². The molecule has 0 heterocycles. The Labute approximate surface area is 105 Å². The van der Waals surface area contributed by atoms with E-state index in [0.29, 0.717) is 6.42 Å². The fraction of sp³-hybridized carbons (Fsp3) is 0.308. The van der Waals surface area contributed by atoms with Gasteiger partial charge in [0.15, 0.2) is 6.10 Å². The van der Waals surface area contributed by atoms with E-state index in [9.17, 15) is 4.79 Å². The highest BCUT2D eigenvalue weighted by Crippen LogP contribution is 2.04. The van der Waals surface area contributed by atoms with Crippen molar-refractivity contribution in [1.29, 1.82) is 0 Å². The summed E-state index contributed by atoms with van der Waals surface area (Å²) in [5.41, 5.74) is 8.95. The van der Waals surface area contributed by atoms with Crippen molar-refractivity contribution in [2.75, 3.05) is 0 Å². The van der Waals surface area contributed by atoms with Gasteiger partial charge in [0, 0.05) is 15.6 Å². The van der Waals surface area contributed by atoms with Gasteiger partial charge >= 0.3 is 6.09 Å². The van der Waals surface area contributed by atoms with Crippen LogP contribution in [0.15, 0.2) is 35.4 Å². The van der Waals surface area contributed by atoms with E-state index in [1.165, 1.54) is 0 Å². The molecule has 92 valence electrons. The molecule has 0 spiro atoms. The second-order valence-corrected chi connectivity index (χ2v) is 3.49. The molecule has 0 aliphatic rings. The van der Waals surface area contributed by atoms with Crippen LogP contribution in [0.4, 0.5) is 4.79 Å². The van der Waals surface area contributed by atoms with Gasteiger partial charge in [0.2, 0.25) is 0 Å². The van der Waals surface area contributed by atoms with Gasteiger partial charge in [0.25, 0.3) is 0 Å². The summed E-state index contributed by atoms with van der Waals surface area (Å²) >= 11 is 0. The van der Waals surface area contributed by atoms with Crippen LogP contribution in [0, 0.1) is 11.8 Å². The number of rotatable bonds is 3. The van der Waals surface area contributed by atoms with Crippen molar-refractivity contribution in [2.24, 2.45) is 5.11 Å². The van der Waals surface area contributed by atoms with Gasteiger partial charge in [-0.15, -0.1) is 0 Å². The molecule has 0 fully saturated rings. The van der Waals surface area contributed by atoms with E-state index in [1.54, 1.807) is 0 Å². The molecule has 1 rings (SSSR count). The van der Waals surface area contributed by atoms with E-state index >= 15 is 0 Å². The lowest BCUT2D eigenvalue weighted by molar-refractivity contribution is 0.129. The van der Waals surface area contributed by atoms with Gasteiger partial charge in [-0.2, -0.15) is 0 Å². The van der Waals surface area contributed by atoms with Crippen molar-refractivity contribution in [2.45, 2.75) is 25.9 Å². The number of carbonyl (C=O) groups excluding carboxylic acids is 1. The van der Waals surface area contributed by atoms with Gasteiger partial charge in [-0.1, -0.05) is 43.4 Å². The molecule has 0 N–H and O–H groups in total. The average molecular weight is 243 g/mol. The van der Waals surface area contributed by atoms with Crippen LogP contribution in [0.2, 0.25) is 0 Å². The molecule has 18 heavy (non-hydrogen) atoms. The van der Waals surface area contributed by atoms with E-state index < -0.39 is 12.2 Å². The summed E-state index contributed by atoms with van der Waals surface area (Å²) in [6.45, 7) is 1.96. The first-order valence-corrected chi connectivity index (χ1v) is 5.58. The average Bonchev–Trinajstić information content (AvgIpc) is 2.38. The van der Waals surface area contributed by atoms with Crippen LogP contribution in [-0.4, -0.2) is 12.2 Å². The Balaban J connectivity index is 2.71. The molecule has 5 heteroatoms. The Morgan fingerprint density at radius 3 is 2.83 bits per heavy atom. The van der Waals surface area contributed by atoms with Crippen LogP contribution in [0.1, 0.15) is 25.3 Å². The van der Waals surface area contributed by atoms with Crippen molar-refractivity contribution in [1.82, 2.24) is 0 Å². The van der Waals surface area contributed by atoms with Crippen molar-refractivity contribution >= 4 is 6.09 Å². The highest BCUT2D eigenvalue weighted by molar-refractivity contribution is 5.68. The van der Waals surface area contributed by atoms with Gasteiger partial charge in [-0.25, -0.2) is 4.79 Å². The summed E-state index contributed by atoms with van der Waals surface area (Å²) < 4.78 is 4.92. The van der Waals surface area contributed by atoms with Crippen LogP contribution in [-0.2, 0) is 4.74 Å². The van der Waals surface area contributed by atoms with E-state index in [2.05, 4.69) is 21.9 Å². The lowest BCUT2D eigenvalue weighted by Gasteiger charge is -2.08. The minimum Gasteiger partial charge on any atom is -0.444 e. The summed E-state index contributed by atoms with van der Waals surface area (Å²) in [7, 11) is 0. The number of azide groups is 1. The molecule has 0 bridgehead atoms. The Hall–Kier alpha value is -2.44. The van der Waals surface area contributed by atoms with Crippen molar-refractivity contribution in [3.8, 4) is 11.8 Å². The van der Waals surface area contributed by atoms with Crippen molar-refractivity contribution in [3.05, 3.63) is 46.3 Å². The number of carbonyl (C=O) groups is 1. The highest BCUT2D eigenvalue weighted by atomic mass is 16.6. The maximum Gasteiger partial charge on any atom is 0.397 e. The third-order valence-corrected chi connectivity index (χ3v) is 2.07. The SMILES string of the molecule is CCCC(C#Cc1ccccc1)OC(=O)N=[N+]=[N-]. The van der Waals surface area contributed by atoms with Crippen LogP contribution in [0.5, 0.6) is 0 Å².